The third kappa shape index (κ3) is 1.66. The molecule has 0 radical (unpaired) electrons. The zero-order valence-electron chi connectivity index (χ0n) is 6.35. The number of nitrogens with one attached hydrogen (secondary N) is 1. The van der Waals surface area contributed by atoms with E-state index < -0.39 is 0 Å². The summed E-state index contributed by atoms with van der Waals surface area (Å²) in [5, 5.41) is 3.36. The summed E-state index contributed by atoms with van der Waals surface area (Å²) >= 11 is 0. The van der Waals surface area contributed by atoms with Crippen LogP contribution in [0, 0.1) is 0 Å². The summed E-state index contributed by atoms with van der Waals surface area (Å²) in [6.45, 7) is 9.24. The lowest BCUT2D eigenvalue weighted by Gasteiger charge is -2.32. The van der Waals surface area contributed by atoms with Gasteiger partial charge in [-0.1, -0.05) is 6.92 Å². The molecule has 0 saturated carbocycles. The fourth-order valence-corrected chi connectivity index (χ4v) is 1.35. The summed E-state index contributed by atoms with van der Waals surface area (Å²) in [6.07, 6.45) is 0. The average molecular weight is 128 g/mol. The molecule has 1 aliphatic rings. The minimum atomic E-state index is 0.740. The summed E-state index contributed by atoms with van der Waals surface area (Å²) in [7, 11) is 0. The summed E-state index contributed by atoms with van der Waals surface area (Å²) < 4.78 is 0. The van der Waals surface area contributed by atoms with Gasteiger partial charge in [-0.25, -0.2) is 0 Å². The van der Waals surface area contributed by atoms with Crippen molar-refractivity contribution in [2.75, 3.05) is 26.2 Å². The highest BCUT2D eigenvalue weighted by molar-refractivity contribution is 4.74. The third-order valence-electron chi connectivity index (χ3n) is 2.05. The summed E-state index contributed by atoms with van der Waals surface area (Å²) in [5.74, 6) is 0. The molecule has 1 rings (SSSR count). The fourth-order valence-electron chi connectivity index (χ4n) is 1.35. The lowest BCUT2D eigenvalue weighted by Crippen LogP contribution is -2.49. The highest BCUT2D eigenvalue weighted by Gasteiger charge is 2.14. The van der Waals surface area contributed by atoms with Gasteiger partial charge in [0, 0.05) is 25.7 Å². The molecule has 1 saturated heterocycles. The van der Waals surface area contributed by atoms with E-state index in [1.807, 2.05) is 0 Å². The molecule has 0 unspecified atom stereocenters. The van der Waals surface area contributed by atoms with Crippen LogP contribution < -0.4 is 5.32 Å². The maximum atomic E-state index is 3.36. The Hall–Kier alpha value is -0.0800. The molecule has 0 aliphatic carbocycles. The average Bonchev–Trinajstić information content (AvgIpc) is 1.89. The zero-order valence-corrected chi connectivity index (χ0v) is 6.35. The predicted octanol–water partition coefficient (Wildman–Crippen LogP) is 0.300. The van der Waals surface area contributed by atoms with Gasteiger partial charge < -0.3 is 5.32 Å². The lowest BCUT2D eigenvalue weighted by molar-refractivity contribution is 0.183. The monoisotopic (exact) mass is 128 g/mol. The first kappa shape index (κ1) is 7.03. The molecule has 2 nitrogen and oxygen atoms in total. The van der Waals surface area contributed by atoms with E-state index in [-0.39, 0.29) is 0 Å². The zero-order chi connectivity index (χ0) is 6.69. The van der Waals surface area contributed by atoms with E-state index in [1.165, 1.54) is 13.1 Å². The highest BCUT2D eigenvalue weighted by atomic mass is 15.2. The number of nitrogens with zero attached hydrogens (tertiary/aromatic N) is 1. The largest absolute Gasteiger partial charge is 0.314 e. The number of rotatable bonds is 1. The first-order valence-electron chi connectivity index (χ1n) is 3.79. The van der Waals surface area contributed by atoms with E-state index in [2.05, 4.69) is 24.1 Å². The van der Waals surface area contributed by atoms with E-state index in [9.17, 15) is 0 Å². The number of hydrogen-bond acceptors (Lipinski definition) is 2. The molecule has 0 spiro atoms. The van der Waals surface area contributed by atoms with Crippen LogP contribution >= 0.6 is 0 Å². The van der Waals surface area contributed by atoms with Crippen molar-refractivity contribution >= 4 is 0 Å². The lowest BCUT2D eigenvalue weighted by atomic mass is 10.2. The Kier molecular flexibility index (Phi) is 2.49. The topological polar surface area (TPSA) is 15.3 Å². The smallest absolute Gasteiger partial charge is 0.0192 e. The molecule has 1 aliphatic heterocycles. The molecule has 1 atom stereocenters. The maximum Gasteiger partial charge on any atom is 0.0192 e. The minimum absolute atomic E-state index is 0.740. The Bertz CT molecular complexity index is 83.0. The molecule has 54 valence electrons. The predicted molar refractivity (Wildman–Crippen MR) is 39.6 cm³/mol. The normalized spacial score (nSPS) is 30.7. The first-order valence-corrected chi connectivity index (χ1v) is 3.79. The Morgan fingerprint density at radius 1 is 1.67 bits per heavy atom. The van der Waals surface area contributed by atoms with Crippen LogP contribution in [0.5, 0.6) is 0 Å². The van der Waals surface area contributed by atoms with Crippen LogP contribution in [0.25, 0.3) is 0 Å². The van der Waals surface area contributed by atoms with Crippen LogP contribution in [0.3, 0.4) is 0 Å². The van der Waals surface area contributed by atoms with Crippen molar-refractivity contribution in [1.82, 2.24) is 10.2 Å². The Morgan fingerprint density at radius 2 is 2.44 bits per heavy atom. The van der Waals surface area contributed by atoms with Gasteiger partial charge in [-0.2, -0.15) is 0 Å². The van der Waals surface area contributed by atoms with Crippen molar-refractivity contribution in [3.8, 4) is 0 Å². The van der Waals surface area contributed by atoms with Gasteiger partial charge in [0.2, 0.25) is 0 Å². The SMILES string of the molecule is CCN1CCNC[C@H]1C. The van der Waals surface area contributed by atoms with Gasteiger partial charge >= 0.3 is 0 Å². The second kappa shape index (κ2) is 3.18. The van der Waals surface area contributed by atoms with E-state index in [0.717, 1.165) is 19.1 Å². The summed E-state index contributed by atoms with van der Waals surface area (Å²) in [4.78, 5) is 2.50. The van der Waals surface area contributed by atoms with Crippen LogP contribution in [-0.4, -0.2) is 37.1 Å². The molecule has 1 fully saturated rings. The Balaban J connectivity index is 2.30. The highest BCUT2D eigenvalue weighted by Crippen LogP contribution is 1.99. The van der Waals surface area contributed by atoms with E-state index in [0.29, 0.717) is 0 Å². The van der Waals surface area contributed by atoms with Gasteiger partial charge in [0.15, 0.2) is 0 Å². The molecule has 9 heavy (non-hydrogen) atoms. The fraction of sp³-hybridized carbons (Fsp3) is 1.00. The standard InChI is InChI=1S/C7H16N2/c1-3-9-5-4-8-6-7(9)2/h7-8H,3-6H2,1-2H3/t7-/m1/s1. The summed E-state index contributed by atoms with van der Waals surface area (Å²) in [6, 6.07) is 0.740. The van der Waals surface area contributed by atoms with Gasteiger partial charge in [-0.15, -0.1) is 0 Å². The van der Waals surface area contributed by atoms with E-state index in [1.54, 1.807) is 0 Å². The van der Waals surface area contributed by atoms with Gasteiger partial charge in [0.1, 0.15) is 0 Å². The van der Waals surface area contributed by atoms with Crippen LogP contribution in [0.1, 0.15) is 13.8 Å². The van der Waals surface area contributed by atoms with Gasteiger partial charge in [0.25, 0.3) is 0 Å². The molecule has 1 N–H and O–H groups in total. The molecule has 0 amide bonds. The van der Waals surface area contributed by atoms with Crippen molar-refractivity contribution in [1.29, 1.82) is 0 Å². The molecule has 0 aromatic heterocycles. The number of piperazine rings is 1. The van der Waals surface area contributed by atoms with Crippen LogP contribution in [0.4, 0.5) is 0 Å². The first-order chi connectivity index (χ1) is 4.34. The summed E-state index contributed by atoms with van der Waals surface area (Å²) in [5.41, 5.74) is 0. The number of likely N-dealkylation sites (N-methyl/N-ethyl adjacent to an activating group) is 1. The molecular formula is C7H16N2. The van der Waals surface area contributed by atoms with E-state index in [4.69, 9.17) is 0 Å². The van der Waals surface area contributed by atoms with Crippen molar-refractivity contribution in [2.45, 2.75) is 19.9 Å². The van der Waals surface area contributed by atoms with Gasteiger partial charge in [-0.3, -0.25) is 4.90 Å². The van der Waals surface area contributed by atoms with Gasteiger partial charge in [0.05, 0.1) is 0 Å². The Morgan fingerprint density at radius 3 is 2.89 bits per heavy atom. The quantitative estimate of drug-likeness (QED) is 0.546. The van der Waals surface area contributed by atoms with Crippen molar-refractivity contribution in [3.05, 3.63) is 0 Å². The minimum Gasteiger partial charge on any atom is -0.314 e. The molecule has 0 aromatic carbocycles. The molecule has 1 heterocycles. The molecule has 0 bridgehead atoms. The molecule has 2 heteroatoms. The van der Waals surface area contributed by atoms with E-state index >= 15 is 0 Å². The third-order valence-corrected chi connectivity index (χ3v) is 2.05. The number of hydrogen-bond donors (Lipinski definition) is 1. The van der Waals surface area contributed by atoms with Crippen molar-refractivity contribution < 1.29 is 0 Å². The van der Waals surface area contributed by atoms with Gasteiger partial charge in [-0.05, 0) is 13.5 Å². The Labute approximate surface area is 57.2 Å². The van der Waals surface area contributed by atoms with Crippen molar-refractivity contribution in [3.63, 3.8) is 0 Å². The van der Waals surface area contributed by atoms with Crippen LogP contribution in [0.15, 0.2) is 0 Å². The van der Waals surface area contributed by atoms with Crippen LogP contribution in [-0.2, 0) is 0 Å². The second-order valence-corrected chi connectivity index (χ2v) is 2.68. The van der Waals surface area contributed by atoms with Crippen molar-refractivity contribution in [2.24, 2.45) is 0 Å². The molecule has 0 aromatic rings. The van der Waals surface area contributed by atoms with Crippen LogP contribution in [0.2, 0.25) is 0 Å². The second-order valence-electron chi connectivity index (χ2n) is 2.68. The maximum absolute atomic E-state index is 3.36. The molecular weight excluding hydrogens is 112 g/mol.